The van der Waals surface area contributed by atoms with Crippen molar-refractivity contribution in [1.29, 1.82) is 0 Å². The zero-order chi connectivity index (χ0) is 20.4. The van der Waals surface area contributed by atoms with Crippen molar-refractivity contribution in [2.75, 3.05) is 19.6 Å². The van der Waals surface area contributed by atoms with Crippen LogP contribution in [0.5, 0.6) is 0 Å². The number of benzene rings is 1. The van der Waals surface area contributed by atoms with E-state index in [2.05, 4.69) is 20.9 Å². The highest BCUT2D eigenvalue weighted by atomic mass is 16.2. The van der Waals surface area contributed by atoms with E-state index in [0.717, 1.165) is 23.7 Å². The minimum atomic E-state index is -0.789. The first-order valence-electron chi connectivity index (χ1n) is 9.74. The van der Waals surface area contributed by atoms with Gasteiger partial charge in [-0.15, -0.1) is 0 Å². The van der Waals surface area contributed by atoms with E-state index in [9.17, 15) is 19.2 Å². The third kappa shape index (κ3) is 4.23. The van der Waals surface area contributed by atoms with E-state index < -0.39 is 18.0 Å². The Morgan fingerprint density at radius 1 is 1.14 bits per heavy atom. The lowest BCUT2D eigenvalue weighted by molar-refractivity contribution is -0.135. The molecule has 9 nitrogen and oxygen atoms in total. The summed E-state index contributed by atoms with van der Waals surface area (Å²) >= 11 is 0. The van der Waals surface area contributed by atoms with Crippen LogP contribution in [0.1, 0.15) is 29.8 Å². The number of likely N-dealkylation sites (tertiary alicyclic amines) is 1. The number of rotatable bonds is 5. The average molecular weight is 397 g/mol. The normalized spacial score (nSPS) is 19.9. The Labute approximate surface area is 167 Å². The minimum Gasteiger partial charge on any atom is -0.351 e. The van der Waals surface area contributed by atoms with Gasteiger partial charge < -0.3 is 20.5 Å². The summed E-state index contributed by atoms with van der Waals surface area (Å²) in [6.07, 6.45) is 1.53. The molecule has 1 unspecified atom stereocenters. The van der Waals surface area contributed by atoms with Gasteiger partial charge in [0.15, 0.2) is 0 Å². The zero-order valence-corrected chi connectivity index (χ0v) is 15.9. The van der Waals surface area contributed by atoms with Gasteiger partial charge in [-0.25, -0.2) is 4.79 Å². The molecule has 1 aromatic heterocycles. The summed E-state index contributed by atoms with van der Waals surface area (Å²) in [6.45, 7) is 1.71. The van der Waals surface area contributed by atoms with Gasteiger partial charge in [0.1, 0.15) is 11.7 Å². The molecule has 1 aromatic carbocycles. The van der Waals surface area contributed by atoms with Gasteiger partial charge in [0.25, 0.3) is 11.8 Å². The number of nitrogens with zero attached hydrogens (tertiary/aromatic N) is 1. The number of aromatic amines is 1. The molecule has 4 rings (SSSR count). The lowest BCUT2D eigenvalue weighted by Crippen LogP contribution is -2.44. The summed E-state index contributed by atoms with van der Waals surface area (Å²) in [6, 6.07) is 8.22. The van der Waals surface area contributed by atoms with E-state index in [-0.39, 0.29) is 18.2 Å². The first kappa shape index (κ1) is 19.0. The van der Waals surface area contributed by atoms with E-state index in [1.54, 1.807) is 4.90 Å². The predicted molar refractivity (Wildman–Crippen MR) is 105 cm³/mol. The number of imide groups is 1. The number of hydrogen-bond acceptors (Lipinski definition) is 4. The smallest absolute Gasteiger partial charge is 0.322 e. The largest absolute Gasteiger partial charge is 0.351 e. The van der Waals surface area contributed by atoms with Gasteiger partial charge >= 0.3 is 6.03 Å². The molecule has 1 atom stereocenters. The first-order chi connectivity index (χ1) is 14.0. The standard InChI is InChI=1S/C20H23N5O4/c26-17(10-16-19(28)24-20(29)23-16)25-7-5-12(6-8-25)11-21-18(27)15-9-13-3-1-2-4-14(13)22-15/h1-4,9,12,16,22H,5-8,10-11H2,(H,21,27)(H2,23,24,28,29). The Hall–Kier alpha value is -3.36. The summed E-state index contributed by atoms with van der Waals surface area (Å²) in [5.41, 5.74) is 1.47. The molecule has 29 heavy (non-hydrogen) atoms. The number of fused-ring (bicyclic) bond motifs is 1. The third-order valence-corrected chi connectivity index (χ3v) is 5.53. The topological polar surface area (TPSA) is 123 Å². The van der Waals surface area contributed by atoms with Crippen LogP contribution in [0.15, 0.2) is 30.3 Å². The van der Waals surface area contributed by atoms with Crippen molar-refractivity contribution in [3.8, 4) is 0 Å². The SMILES string of the molecule is O=C1NC(=O)C(CC(=O)N2CCC(CNC(=O)c3cc4ccccc4[nH]3)CC2)N1. The minimum absolute atomic E-state index is 0.0284. The van der Waals surface area contributed by atoms with Crippen molar-refractivity contribution in [2.24, 2.45) is 5.92 Å². The summed E-state index contributed by atoms with van der Waals surface area (Å²) in [5, 5.41) is 8.54. The van der Waals surface area contributed by atoms with E-state index in [4.69, 9.17) is 0 Å². The first-order valence-corrected chi connectivity index (χ1v) is 9.74. The molecule has 3 heterocycles. The summed E-state index contributed by atoms with van der Waals surface area (Å²) < 4.78 is 0. The second-order valence-corrected chi connectivity index (χ2v) is 7.52. The second kappa shape index (κ2) is 7.94. The molecular formula is C20H23N5O4. The van der Waals surface area contributed by atoms with Crippen LogP contribution in [0.25, 0.3) is 10.9 Å². The summed E-state index contributed by atoms with van der Waals surface area (Å²) in [5.74, 6) is -0.449. The van der Waals surface area contributed by atoms with Gasteiger partial charge in [-0.05, 0) is 30.9 Å². The van der Waals surface area contributed by atoms with Crippen molar-refractivity contribution >= 4 is 34.7 Å². The number of nitrogens with one attached hydrogen (secondary N) is 4. The van der Waals surface area contributed by atoms with Crippen LogP contribution in [-0.4, -0.2) is 59.3 Å². The lowest BCUT2D eigenvalue weighted by atomic mass is 9.96. The number of carbonyl (C=O) groups is 4. The number of amides is 5. The maximum atomic E-state index is 12.4. The van der Waals surface area contributed by atoms with Crippen molar-refractivity contribution in [2.45, 2.75) is 25.3 Å². The van der Waals surface area contributed by atoms with Crippen molar-refractivity contribution in [3.05, 3.63) is 36.0 Å². The van der Waals surface area contributed by atoms with E-state index in [1.165, 1.54) is 0 Å². The van der Waals surface area contributed by atoms with Gasteiger partial charge in [0.2, 0.25) is 5.91 Å². The predicted octanol–water partition coefficient (Wildman–Crippen LogP) is 0.734. The van der Waals surface area contributed by atoms with Gasteiger partial charge in [-0.1, -0.05) is 18.2 Å². The van der Waals surface area contributed by atoms with Crippen molar-refractivity contribution < 1.29 is 19.2 Å². The number of hydrogen-bond donors (Lipinski definition) is 4. The molecule has 2 fully saturated rings. The van der Waals surface area contributed by atoms with E-state index in [1.807, 2.05) is 30.3 Å². The van der Waals surface area contributed by atoms with Gasteiger partial charge in [-0.3, -0.25) is 19.7 Å². The Morgan fingerprint density at radius 2 is 1.90 bits per heavy atom. The van der Waals surface area contributed by atoms with Gasteiger partial charge in [-0.2, -0.15) is 0 Å². The fraction of sp³-hybridized carbons (Fsp3) is 0.400. The summed E-state index contributed by atoms with van der Waals surface area (Å²) in [7, 11) is 0. The fourth-order valence-electron chi connectivity index (χ4n) is 3.82. The Balaban J connectivity index is 1.22. The third-order valence-electron chi connectivity index (χ3n) is 5.53. The Bertz CT molecular complexity index is 928. The second-order valence-electron chi connectivity index (χ2n) is 7.52. The van der Waals surface area contributed by atoms with Crippen LogP contribution in [0.4, 0.5) is 4.79 Å². The molecule has 4 N–H and O–H groups in total. The molecule has 2 aliphatic rings. The summed E-state index contributed by atoms with van der Waals surface area (Å²) in [4.78, 5) is 52.3. The quantitative estimate of drug-likeness (QED) is 0.556. The molecule has 0 aliphatic carbocycles. The van der Waals surface area contributed by atoms with Crippen molar-refractivity contribution in [1.82, 2.24) is 25.8 Å². The van der Waals surface area contributed by atoms with E-state index >= 15 is 0 Å². The molecule has 2 aromatic rings. The molecule has 9 heteroatoms. The maximum Gasteiger partial charge on any atom is 0.322 e. The molecule has 2 saturated heterocycles. The van der Waals surface area contributed by atoms with Crippen LogP contribution >= 0.6 is 0 Å². The average Bonchev–Trinajstić information content (AvgIpc) is 3.29. The highest BCUT2D eigenvalue weighted by Crippen LogP contribution is 2.19. The van der Waals surface area contributed by atoms with Crippen LogP contribution in [-0.2, 0) is 9.59 Å². The number of para-hydroxylation sites is 1. The molecule has 0 radical (unpaired) electrons. The van der Waals surface area contributed by atoms with Crippen molar-refractivity contribution in [3.63, 3.8) is 0 Å². The van der Waals surface area contributed by atoms with E-state index in [0.29, 0.717) is 31.2 Å². The molecule has 2 aliphatic heterocycles. The highest BCUT2D eigenvalue weighted by Gasteiger charge is 2.33. The number of H-pyrrole nitrogens is 1. The molecule has 0 bridgehead atoms. The molecule has 5 amide bonds. The van der Waals surface area contributed by atoms with Gasteiger partial charge in [0.05, 0.1) is 6.42 Å². The molecule has 152 valence electrons. The highest BCUT2D eigenvalue weighted by molar-refractivity contribution is 6.05. The van der Waals surface area contributed by atoms with Crippen LogP contribution in [0.3, 0.4) is 0 Å². The van der Waals surface area contributed by atoms with Crippen LogP contribution in [0.2, 0.25) is 0 Å². The molecule has 0 spiro atoms. The Kier molecular flexibility index (Phi) is 5.20. The molecule has 0 saturated carbocycles. The Morgan fingerprint density at radius 3 is 2.59 bits per heavy atom. The number of urea groups is 1. The zero-order valence-electron chi connectivity index (χ0n) is 15.9. The fourth-order valence-corrected chi connectivity index (χ4v) is 3.82. The number of aromatic nitrogens is 1. The molecular weight excluding hydrogens is 374 g/mol. The maximum absolute atomic E-state index is 12.4. The monoisotopic (exact) mass is 397 g/mol. The number of carbonyl (C=O) groups excluding carboxylic acids is 4. The lowest BCUT2D eigenvalue weighted by Gasteiger charge is -2.32. The van der Waals surface area contributed by atoms with Crippen LogP contribution < -0.4 is 16.0 Å². The number of piperidine rings is 1. The van der Waals surface area contributed by atoms with Gasteiger partial charge in [0, 0.05) is 30.5 Å². The van der Waals surface area contributed by atoms with Crippen LogP contribution in [0, 0.1) is 5.92 Å².